The molecular weight excluding hydrogens is 224 g/mol. The van der Waals surface area contributed by atoms with Gasteiger partial charge in [-0.2, -0.15) is 5.10 Å². The number of hydrogen-bond acceptors (Lipinski definition) is 2. The molecule has 0 atom stereocenters. The maximum atomic E-state index is 11.3. The van der Waals surface area contributed by atoms with E-state index < -0.39 is 0 Å². The highest BCUT2D eigenvalue weighted by Crippen LogP contribution is 2.21. The number of hydrazone groups is 1. The minimum atomic E-state index is -0.0717. The Labute approximate surface area is 109 Å². The van der Waals surface area contributed by atoms with Crippen molar-refractivity contribution in [2.75, 3.05) is 0 Å². The first-order valence-electron chi connectivity index (χ1n) is 6.24. The summed E-state index contributed by atoms with van der Waals surface area (Å²) in [5.41, 5.74) is 4.92. The van der Waals surface area contributed by atoms with E-state index in [-0.39, 0.29) is 17.2 Å². The van der Waals surface area contributed by atoms with Gasteiger partial charge >= 0.3 is 0 Å². The average molecular weight is 246 g/mol. The molecule has 0 spiro atoms. The van der Waals surface area contributed by atoms with Gasteiger partial charge in [0.25, 0.3) is 0 Å². The lowest BCUT2D eigenvalue weighted by atomic mass is 9.87. The molecule has 0 aromatic heterocycles. The molecule has 98 valence electrons. The van der Waals surface area contributed by atoms with E-state index >= 15 is 0 Å². The quantitative estimate of drug-likeness (QED) is 0.646. The van der Waals surface area contributed by atoms with Crippen LogP contribution in [-0.2, 0) is 10.2 Å². The van der Waals surface area contributed by atoms with Crippen LogP contribution < -0.4 is 5.43 Å². The van der Waals surface area contributed by atoms with Crippen molar-refractivity contribution in [3.8, 4) is 0 Å². The van der Waals surface area contributed by atoms with Gasteiger partial charge in [-0.25, -0.2) is 5.43 Å². The van der Waals surface area contributed by atoms with Crippen molar-refractivity contribution in [1.82, 2.24) is 5.43 Å². The third-order valence-electron chi connectivity index (χ3n) is 2.69. The number of amides is 1. The molecule has 0 bridgehead atoms. The molecule has 1 rings (SSSR count). The summed E-state index contributed by atoms with van der Waals surface area (Å²) in [6.45, 7) is 10.2. The number of rotatable bonds is 3. The zero-order valence-electron chi connectivity index (χ0n) is 11.8. The standard InChI is InChI=1S/C15H22N2O/c1-11(2)14(18)17-16-10-12-6-8-13(9-7-12)15(3,4)5/h6-11H,1-5H3,(H,17,18)/b16-10-. The number of benzene rings is 1. The van der Waals surface area contributed by atoms with Gasteiger partial charge in [0, 0.05) is 5.92 Å². The molecule has 1 N–H and O–H groups in total. The van der Waals surface area contributed by atoms with Gasteiger partial charge in [-0.05, 0) is 16.5 Å². The highest BCUT2D eigenvalue weighted by molar-refractivity contribution is 5.83. The Morgan fingerprint density at radius 3 is 2.22 bits per heavy atom. The molecular formula is C15H22N2O. The summed E-state index contributed by atoms with van der Waals surface area (Å²) in [6.07, 6.45) is 1.66. The van der Waals surface area contributed by atoms with Crippen LogP contribution in [0.4, 0.5) is 0 Å². The first-order valence-corrected chi connectivity index (χ1v) is 6.24. The monoisotopic (exact) mass is 246 g/mol. The highest BCUT2D eigenvalue weighted by atomic mass is 16.2. The van der Waals surface area contributed by atoms with Gasteiger partial charge in [0.2, 0.25) is 5.91 Å². The van der Waals surface area contributed by atoms with Crippen molar-refractivity contribution in [3.05, 3.63) is 35.4 Å². The van der Waals surface area contributed by atoms with Gasteiger partial charge in [0.05, 0.1) is 6.21 Å². The van der Waals surface area contributed by atoms with E-state index in [0.717, 1.165) is 5.56 Å². The average Bonchev–Trinajstić information content (AvgIpc) is 2.28. The van der Waals surface area contributed by atoms with E-state index in [2.05, 4.69) is 43.4 Å². The molecule has 0 saturated heterocycles. The molecule has 0 fully saturated rings. The number of carbonyl (C=O) groups is 1. The molecule has 1 aromatic rings. The Kier molecular flexibility index (Phi) is 4.65. The normalized spacial score (nSPS) is 12.1. The fourth-order valence-electron chi connectivity index (χ4n) is 1.37. The van der Waals surface area contributed by atoms with Gasteiger partial charge in [-0.15, -0.1) is 0 Å². The van der Waals surface area contributed by atoms with E-state index in [1.807, 2.05) is 26.0 Å². The Hall–Kier alpha value is -1.64. The first-order chi connectivity index (χ1) is 8.30. The van der Waals surface area contributed by atoms with Crippen LogP contribution in [0.15, 0.2) is 29.4 Å². The van der Waals surface area contributed by atoms with Crippen molar-refractivity contribution in [1.29, 1.82) is 0 Å². The van der Waals surface area contributed by atoms with E-state index in [9.17, 15) is 4.79 Å². The van der Waals surface area contributed by atoms with Gasteiger partial charge in [0.15, 0.2) is 0 Å². The van der Waals surface area contributed by atoms with E-state index in [0.29, 0.717) is 0 Å². The van der Waals surface area contributed by atoms with Gasteiger partial charge < -0.3 is 0 Å². The Bertz CT molecular complexity index is 425. The second-order valence-corrected chi connectivity index (χ2v) is 5.76. The largest absolute Gasteiger partial charge is 0.273 e. The molecule has 0 aliphatic rings. The van der Waals surface area contributed by atoms with E-state index in [1.165, 1.54) is 5.56 Å². The van der Waals surface area contributed by atoms with Crippen LogP contribution in [0.2, 0.25) is 0 Å². The lowest BCUT2D eigenvalue weighted by Gasteiger charge is -2.18. The molecule has 1 aromatic carbocycles. The van der Waals surface area contributed by atoms with Crippen LogP contribution in [0, 0.1) is 5.92 Å². The van der Waals surface area contributed by atoms with Crippen molar-refractivity contribution in [2.45, 2.75) is 40.0 Å². The highest BCUT2D eigenvalue weighted by Gasteiger charge is 2.12. The van der Waals surface area contributed by atoms with Crippen molar-refractivity contribution in [3.63, 3.8) is 0 Å². The number of carbonyl (C=O) groups excluding carboxylic acids is 1. The van der Waals surface area contributed by atoms with Crippen molar-refractivity contribution < 1.29 is 4.79 Å². The second-order valence-electron chi connectivity index (χ2n) is 5.76. The van der Waals surface area contributed by atoms with Crippen LogP contribution >= 0.6 is 0 Å². The molecule has 0 saturated carbocycles. The minimum Gasteiger partial charge on any atom is -0.273 e. The topological polar surface area (TPSA) is 41.5 Å². The van der Waals surface area contributed by atoms with Crippen LogP contribution in [0.5, 0.6) is 0 Å². The SMILES string of the molecule is CC(C)C(=O)N/N=C\c1ccc(C(C)(C)C)cc1. The molecule has 0 aliphatic carbocycles. The summed E-state index contributed by atoms with van der Waals surface area (Å²) in [6, 6.07) is 8.19. The molecule has 0 heterocycles. The number of hydrogen-bond donors (Lipinski definition) is 1. The second kappa shape index (κ2) is 5.80. The zero-order valence-corrected chi connectivity index (χ0v) is 11.8. The first kappa shape index (κ1) is 14.4. The van der Waals surface area contributed by atoms with Gasteiger partial charge in [-0.1, -0.05) is 58.9 Å². The lowest BCUT2D eigenvalue weighted by molar-refractivity contribution is -0.123. The molecule has 0 aliphatic heterocycles. The fourth-order valence-corrected chi connectivity index (χ4v) is 1.37. The van der Waals surface area contributed by atoms with E-state index in [1.54, 1.807) is 6.21 Å². The van der Waals surface area contributed by atoms with Crippen LogP contribution in [0.25, 0.3) is 0 Å². The van der Waals surface area contributed by atoms with Gasteiger partial charge in [-0.3, -0.25) is 4.79 Å². The molecule has 3 nitrogen and oxygen atoms in total. The Morgan fingerprint density at radius 2 is 1.78 bits per heavy atom. The number of nitrogens with zero attached hydrogens (tertiary/aromatic N) is 1. The van der Waals surface area contributed by atoms with Crippen molar-refractivity contribution in [2.24, 2.45) is 11.0 Å². The summed E-state index contributed by atoms with van der Waals surface area (Å²) in [4.78, 5) is 11.3. The Morgan fingerprint density at radius 1 is 1.22 bits per heavy atom. The summed E-state index contributed by atoms with van der Waals surface area (Å²) in [5, 5.41) is 3.93. The van der Waals surface area contributed by atoms with Crippen LogP contribution in [0.1, 0.15) is 45.7 Å². The predicted molar refractivity (Wildman–Crippen MR) is 75.7 cm³/mol. The smallest absolute Gasteiger partial charge is 0.242 e. The maximum absolute atomic E-state index is 11.3. The molecule has 0 unspecified atom stereocenters. The fraction of sp³-hybridized carbons (Fsp3) is 0.467. The third kappa shape index (κ3) is 4.32. The van der Waals surface area contributed by atoms with E-state index in [4.69, 9.17) is 0 Å². The summed E-state index contributed by atoms with van der Waals surface area (Å²) >= 11 is 0. The maximum Gasteiger partial charge on any atom is 0.242 e. The van der Waals surface area contributed by atoms with Crippen LogP contribution in [-0.4, -0.2) is 12.1 Å². The summed E-state index contributed by atoms with van der Waals surface area (Å²) < 4.78 is 0. The van der Waals surface area contributed by atoms with Crippen molar-refractivity contribution >= 4 is 12.1 Å². The lowest BCUT2D eigenvalue weighted by Crippen LogP contribution is -2.22. The predicted octanol–water partition coefficient (Wildman–Crippen LogP) is 3.09. The molecule has 0 radical (unpaired) electrons. The molecule has 1 amide bonds. The minimum absolute atomic E-state index is 0.0505. The number of nitrogens with one attached hydrogen (secondary N) is 1. The molecule has 3 heteroatoms. The Balaban J connectivity index is 2.64. The molecule has 18 heavy (non-hydrogen) atoms. The summed E-state index contributed by atoms with van der Waals surface area (Å²) in [7, 11) is 0. The van der Waals surface area contributed by atoms with Gasteiger partial charge in [0.1, 0.15) is 0 Å². The zero-order chi connectivity index (χ0) is 13.8. The third-order valence-corrected chi connectivity index (χ3v) is 2.69. The van der Waals surface area contributed by atoms with Crippen LogP contribution in [0.3, 0.4) is 0 Å². The summed E-state index contributed by atoms with van der Waals surface area (Å²) in [5.74, 6) is -0.122.